The van der Waals surface area contributed by atoms with Gasteiger partial charge in [0.05, 0.1) is 24.8 Å². The van der Waals surface area contributed by atoms with Gasteiger partial charge in [0.1, 0.15) is 5.82 Å². The van der Waals surface area contributed by atoms with Crippen molar-refractivity contribution in [2.45, 2.75) is 18.9 Å². The van der Waals surface area contributed by atoms with Gasteiger partial charge in [-0.15, -0.1) is 0 Å². The molecule has 0 spiro atoms. The first kappa shape index (κ1) is 23.7. The van der Waals surface area contributed by atoms with Crippen molar-refractivity contribution in [2.75, 3.05) is 38.2 Å². The van der Waals surface area contributed by atoms with E-state index in [1.807, 2.05) is 18.2 Å². The topological polar surface area (TPSA) is 107 Å². The molecule has 4 N–H and O–H groups in total. The zero-order valence-corrected chi connectivity index (χ0v) is 18.8. The van der Waals surface area contributed by atoms with E-state index in [-0.39, 0.29) is 24.6 Å². The molecule has 1 aliphatic rings. The average molecular weight is 469 g/mol. The molecule has 1 aliphatic heterocycles. The molecule has 1 fully saturated rings. The summed E-state index contributed by atoms with van der Waals surface area (Å²) < 4.78 is 19.1. The number of carbonyl (C=O) groups excluding carboxylic acids is 2. The fourth-order valence-corrected chi connectivity index (χ4v) is 4.20. The van der Waals surface area contributed by atoms with Crippen molar-refractivity contribution in [2.24, 2.45) is 5.92 Å². The summed E-state index contributed by atoms with van der Waals surface area (Å²) in [5.74, 6) is -0.640. The predicted octanol–water partition coefficient (Wildman–Crippen LogP) is 3.36. The van der Waals surface area contributed by atoms with Crippen LogP contribution in [-0.4, -0.2) is 65.9 Å². The number of urea groups is 1. The Labute approximate surface area is 197 Å². The lowest BCUT2D eigenvalue weighted by molar-refractivity contribution is 0.0366. The van der Waals surface area contributed by atoms with E-state index in [1.54, 1.807) is 24.4 Å². The number of carbonyl (C=O) groups is 2. The maximum absolute atomic E-state index is 13.5. The van der Waals surface area contributed by atoms with Crippen molar-refractivity contribution in [3.8, 4) is 0 Å². The summed E-state index contributed by atoms with van der Waals surface area (Å²) in [6.45, 7) is 2.23. The van der Waals surface area contributed by atoms with Crippen LogP contribution in [0.3, 0.4) is 0 Å². The predicted molar refractivity (Wildman–Crippen MR) is 127 cm³/mol. The van der Waals surface area contributed by atoms with Crippen molar-refractivity contribution in [3.63, 3.8) is 0 Å². The lowest BCUT2D eigenvalue weighted by Gasteiger charge is -2.33. The number of anilines is 1. The summed E-state index contributed by atoms with van der Waals surface area (Å²) >= 11 is 0. The maximum atomic E-state index is 13.5. The Balaban J connectivity index is 1.20. The molecule has 2 amide bonds. The van der Waals surface area contributed by atoms with Crippen LogP contribution in [0.25, 0.3) is 10.9 Å². The number of amides is 2. The number of aromatic amines is 1. The fraction of sp³-hybridized carbons (Fsp3) is 0.360. The van der Waals surface area contributed by atoms with Crippen LogP contribution in [0.2, 0.25) is 0 Å². The average Bonchev–Trinajstić information content (AvgIpc) is 3.26. The number of aliphatic hydroxyl groups is 1. The quantitative estimate of drug-likeness (QED) is 0.380. The van der Waals surface area contributed by atoms with Crippen LogP contribution in [0.1, 0.15) is 23.2 Å². The molecule has 0 bridgehead atoms. The Hall–Kier alpha value is -3.43. The number of hydrogen-bond acceptors (Lipinski definition) is 5. The number of aliphatic hydroxyl groups excluding tert-OH is 1. The van der Waals surface area contributed by atoms with E-state index < -0.39 is 11.8 Å². The number of para-hydroxylation sites is 1. The van der Waals surface area contributed by atoms with Crippen molar-refractivity contribution in [3.05, 3.63) is 66.1 Å². The van der Waals surface area contributed by atoms with Gasteiger partial charge in [-0.25, -0.2) is 14.0 Å². The maximum Gasteiger partial charge on any atom is 0.340 e. The van der Waals surface area contributed by atoms with Crippen molar-refractivity contribution >= 4 is 28.6 Å². The second-order valence-corrected chi connectivity index (χ2v) is 8.58. The number of piperidine rings is 1. The highest BCUT2D eigenvalue weighted by Gasteiger charge is 2.24. The Morgan fingerprint density at radius 3 is 2.68 bits per heavy atom. The summed E-state index contributed by atoms with van der Waals surface area (Å²) in [4.78, 5) is 29.9. The first-order chi connectivity index (χ1) is 16.5. The van der Waals surface area contributed by atoms with Crippen LogP contribution in [0.4, 0.5) is 14.9 Å². The van der Waals surface area contributed by atoms with Gasteiger partial charge in [-0.3, -0.25) is 0 Å². The number of aromatic nitrogens is 1. The largest absolute Gasteiger partial charge is 0.462 e. The van der Waals surface area contributed by atoms with Gasteiger partial charge >= 0.3 is 12.0 Å². The number of esters is 1. The zero-order valence-electron chi connectivity index (χ0n) is 18.8. The monoisotopic (exact) mass is 468 g/mol. The van der Waals surface area contributed by atoms with E-state index in [9.17, 15) is 19.1 Å². The van der Waals surface area contributed by atoms with E-state index in [4.69, 9.17) is 4.74 Å². The molecule has 34 heavy (non-hydrogen) atoms. The lowest BCUT2D eigenvalue weighted by atomic mass is 9.97. The van der Waals surface area contributed by atoms with Crippen molar-refractivity contribution < 1.29 is 23.8 Å². The lowest BCUT2D eigenvalue weighted by Crippen LogP contribution is -2.49. The van der Waals surface area contributed by atoms with Crippen molar-refractivity contribution in [1.82, 2.24) is 15.2 Å². The molecule has 9 heteroatoms. The number of halogens is 1. The van der Waals surface area contributed by atoms with Crippen LogP contribution in [0, 0.1) is 11.7 Å². The number of hydrogen-bond donors (Lipinski definition) is 4. The molecule has 3 aromatic rings. The number of nitrogens with one attached hydrogen (secondary N) is 3. The normalized spacial score (nSPS) is 15.7. The number of H-pyrrole nitrogens is 1. The molecule has 8 nitrogen and oxygen atoms in total. The standard InChI is InChI=1S/C25H29FN4O4/c26-18-6-7-23-21(12-18)22(13-27-23)24(32)34-16-17-8-10-30(11-9-17)14-20(15-31)29-25(33)28-19-4-2-1-3-5-19/h1-7,12-13,17,20,27,31H,8-11,14-16H2,(H2,28,29,33)/t20-/m0/s1. The summed E-state index contributed by atoms with van der Waals surface area (Å²) in [6, 6.07) is 12.6. The number of fused-ring (bicyclic) bond motifs is 1. The molecule has 4 rings (SSSR count). The van der Waals surface area contributed by atoms with Crippen LogP contribution >= 0.6 is 0 Å². The minimum Gasteiger partial charge on any atom is -0.462 e. The fourth-order valence-electron chi connectivity index (χ4n) is 4.20. The molecule has 0 saturated carbocycles. The molecule has 0 aliphatic carbocycles. The number of ether oxygens (including phenoxy) is 1. The highest BCUT2D eigenvalue weighted by Crippen LogP contribution is 2.22. The van der Waals surface area contributed by atoms with Gasteiger partial charge in [0.25, 0.3) is 0 Å². The highest BCUT2D eigenvalue weighted by atomic mass is 19.1. The van der Waals surface area contributed by atoms with E-state index in [0.717, 1.165) is 25.9 Å². The molecule has 1 atom stereocenters. The van der Waals surface area contributed by atoms with E-state index in [0.29, 0.717) is 35.3 Å². The molecule has 180 valence electrons. The van der Waals surface area contributed by atoms with Crippen LogP contribution < -0.4 is 10.6 Å². The molecule has 0 radical (unpaired) electrons. The minimum absolute atomic E-state index is 0.162. The molecular weight excluding hydrogens is 439 g/mol. The van der Waals surface area contributed by atoms with Gasteiger partial charge in [0, 0.05) is 29.3 Å². The molecular formula is C25H29FN4O4. The van der Waals surface area contributed by atoms with Crippen LogP contribution in [0.5, 0.6) is 0 Å². The van der Waals surface area contributed by atoms with Gasteiger partial charge in [-0.05, 0) is 62.2 Å². The Morgan fingerprint density at radius 2 is 1.94 bits per heavy atom. The van der Waals surface area contributed by atoms with E-state index in [2.05, 4.69) is 20.5 Å². The third-order valence-corrected chi connectivity index (χ3v) is 6.09. The van der Waals surface area contributed by atoms with Crippen LogP contribution in [-0.2, 0) is 4.74 Å². The van der Waals surface area contributed by atoms with E-state index in [1.165, 1.54) is 12.1 Å². The number of benzene rings is 2. The van der Waals surface area contributed by atoms with Gasteiger partial charge in [0.15, 0.2) is 0 Å². The second kappa shape index (κ2) is 11.1. The summed E-state index contributed by atoms with van der Waals surface area (Å²) in [7, 11) is 0. The zero-order chi connectivity index (χ0) is 23.9. The smallest absolute Gasteiger partial charge is 0.340 e. The number of rotatable bonds is 8. The van der Waals surface area contributed by atoms with Gasteiger partial charge in [0.2, 0.25) is 0 Å². The Morgan fingerprint density at radius 1 is 1.18 bits per heavy atom. The summed E-state index contributed by atoms with van der Waals surface area (Å²) in [5, 5.41) is 15.8. The summed E-state index contributed by atoms with van der Waals surface area (Å²) in [5.41, 5.74) is 1.70. The first-order valence-electron chi connectivity index (χ1n) is 11.4. The molecule has 1 aromatic heterocycles. The summed E-state index contributed by atoms with van der Waals surface area (Å²) in [6.07, 6.45) is 3.22. The Kier molecular flexibility index (Phi) is 7.76. The SMILES string of the molecule is O=C(Nc1ccccc1)N[C@H](CO)CN1CCC(COC(=O)c2c[nH]c3ccc(F)cc23)CC1. The first-order valence-corrected chi connectivity index (χ1v) is 11.4. The second-order valence-electron chi connectivity index (χ2n) is 8.58. The molecule has 1 saturated heterocycles. The van der Waals surface area contributed by atoms with Gasteiger partial charge in [-0.1, -0.05) is 18.2 Å². The molecule has 2 heterocycles. The van der Waals surface area contributed by atoms with E-state index >= 15 is 0 Å². The van der Waals surface area contributed by atoms with Gasteiger partial charge in [-0.2, -0.15) is 0 Å². The number of likely N-dealkylation sites (tertiary alicyclic amines) is 1. The van der Waals surface area contributed by atoms with Crippen molar-refractivity contribution in [1.29, 1.82) is 0 Å². The third kappa shape index (κ3) is 6.12. The molecule has 0 unspecified atom stereocenters. The minimum atomic E-state index is -0.465. The third-order valence-electron chi connectivity index (χ3n) is 6.09. The van der Waals surface area contributed by atoms with Crippen LogP contribution in [0.15, 0.2) is 54.7 Å². The highest BCUT2D eigenvalue weighted by molar-refractivity contribution is 6.04. The van der Waals surface area contributed by atoms with Gasteiger partial charge < -0.3 is 30.4 Å². The molecule has 2 aromatic carbocycles. The number of nitrogens with zero attached hydrogens (tertiary/aromatic N) is 1. The Bertz CT molecular complexity index is 1110.